The summed E-state index contributed by atoms with van der Waals surface area (Å²) in [5.74, 6) is -1.34. The third-order valence-electron chi connectivity index (χ3n) is 3.44. The molecule has 2 atom stereocenters. The monoisotopic (exact) mass is 372 g/mol. The van der Waals surface area contributed by atoms with Gasteiger partial charge in [-0.25, -0.2) is 9.78 Å². The number of thioether (sulfide) groups is 2. The van der Waals surface area contributed by atoms with Gasteiger partial charge in [-0.1, -0.05) is 0 Å². The van der Waals surface area contributed by atoms with Gasteiger partial charge in [0.05, 0.1) is 9.72 Å². The van der Waals surface area contributed by atoms with Crippen molar-refractivity contribution in [3.05, 3.63) is 22.5 Å². The number of carbonyl (C=O) groups is 3. The number of hydrogen-bond acceptors (Lipinski definition) is 8. The van der Waals surface area contributed by atoms with Crippen LogP contribution in [0.25, 0.3) is 0 Å². The lowest BCUT2D eigenvalue weighted by Gasteiger charge is -2.48. The Bertz CT molecular complexity index is 732. The average molecular weight is 372 g/mol. The summed E-state index contributed by atoms with van der Waals surface area (Å²) in [6, 6.07) is -0.647. The first kappa shape index (κ1) is 16.3. The summed E-state index contributed by atoms with van der Waals surface area (Å²) in [5, 5.41) is 9.13. The molecule has 3 heterocycles. The van der Waals surface area contributed by atoms with Crippen LogP contribution >= 0.6 is 34.9 Å². The minimum absolute atomic E-state index is 0.00177. The first-order valence-electron chi connectivity index (χ1n) is 6.43. The van der Waals surface area contributed by atoms with Crippen LogP contribution in [0.2, 0.25) is 0 Å². The molecule has 0 saturated carbocycles. The lowest BCUT2D eigenvalue weighted by molar-refractivity contribution is -0.147. The van der Waals surface area contributed by atoms with Gasteiger partial charge in [0, 0.05) is 11.5 Å². The number of amides is 2. The molecule has 11 heteroatoms. The second kappa shape index (κ2) is 6.15. The highest BCUT2D eigenvalue weighted by atomic mass is 32.2. The smallest absolute Gasteiger partial charge is 0.352 e. The highest BCUT2D eigenvalue weighted by Crippen LogP contribution is 2.41. The molecular formula is C12H12N4O4S3. The Labute approximate surface area is 143 Å². The van der Waals surface area contributed by atoms with Crippen LogP contribution in [0.3, 0.4) is 0 Å². The van der Waals surface area contributed by atoms with Crippen molar-refractivity contribution in [1.29, 1.82) is 0 Å². The van der Waals surface area contributed by atoms with Gasteiger partial charge < -0.3 is 16.6 Å². The zero-order chi connectivity index (χ0) is 16.7. The molecule has 1 saturated heterocycles. The molecular weight excluding hydrogens is 360 g/mol. The standard InChI is InChI=1S/C12H12N4O4S3/c13-5-9(18)16-7(11(19)20)4(1-21-10(5)16)2-22-12-6(8(14)17)15-3-23-12/h3,5,10H,1-2,13H2,(H2,14,17)(H,19,20)/t5?,10-/m1/s1. The molecule has 8 nitrogen and oxygen atoms in total. The molecule has 2 aliphatic rings. The van der Waals surface area contributed by atoms with Crippen LogP contribution < -0.4 is 11.5 Å². The number of nitrogens with two attached hydrogens (primary N) is 2. The lowest BCUT2D eigenvalue weighted by atomic mass is 10.0. The number of primary amides is 1. The fraction of sp³-hybridized carbons (Fsp3) is 0.333. The van der Waals surface area contributed by atoms with Crippen LogP contribution in [0.15, 0.2) is 21.0 Å². The summed E-state index contributed by atoms with van der Waals surface area (Å²) in [6.45, 7) is 0. The van der Waals surface area contributed by atoms with Crippen molar-refractivity contribution in [3.63, 3.8) is 0 Å². The van der Waals surface area contributed by atoms with Gasteiger partial charge in [0.25, 0.3) is 5.91 Å². The van der Waals surface area contributed by atoms with Gasteiger partial charge in [-0.15, -0.1) is 34.9 Å². The molecule has 1 unspecified atom stereocenters. The van der Waals surface area contributed by atoms with Gasteiger partial charge in [0.15, 0.2) is 5.69 Å². The maximum atomic E-state index is 11.8. The molecule has 5 N–H and O–H groups in total. The van der Waals surface area contributed by atoms with E-state index in [4.69, 9.17) is 11.5 Å². The number of carboxylic acid groups (broad SMARTS) is 1. The SMILES string of the molecule is NC(=O)c1ncsc1SCC1=C(C(=O)O)N2C(=O)C(N)[C@H]2SC1. The van der Waals surface area contributed by atoms with E-state index in [0.29, 0.717) is 21.3 Å². The van der Waals surface area contributed by atoms with Gasteiger partial charge in [-0.05, 0) is 5.57 Å². The van der Waals surface area contributed by atoms with Crippen molar-refractivity contribution in [3.8, 4) is 0 Å². The number of nitrogens with zero attached hydrogens (tertiary/aromatic N) is 2. The largest absolute Gasteiger partial charge is 0.477 e. The summed E-state index contributed by atoms with van der Waals surface area (Å²) in [7, 11) is 0. The number of aliphatic carboxylic acids is 1. The molecule has 0 spiro atoms. The summed E-state index contributed by atoms with van der Waals surface area (Å²) < 4.78 is 0.633. The number of carbonyl (C=O) groups excluding carboxylic acids is 2. The maximum absolute atomic E-state index is 11.8. The molecule has 0 aromatic carbocycles. The Morgan fingerprint density at radius 2 is 2.26 bits per heavy atom. The second-order valence-corrected chi connectivity index (χ2v) is 8.04. The van der Waals surface area contributed by atoms with E-state index >= 15 is 0 Å². The second-order valence-electron chi connectivity index (χ2n) is 4.83. The van der Waals surface area contributed by atoms with Crippen LogP contribution in [0.1, 0.15) is 10.5 Å². The third kappa shape index (κ3) is 2.73. The Kier molecular flexibility index (Phi) is 4.36. The van der Waals surface area contributed by atoms with Gasteiger partial charge in [0.2, 0.25) is 5.91 Å². The van der Waals surface area contributed by atoms with Gasteiger partial charge >= 0.3 is 5.97 Å². The van der Waals surface area contributed by atoms with E-state index in [9.17, 15) is 19.5 Å². The summed E-state index contributed by atoms with van der Waals surface area (Å²) in [4.78, 5) is 39.8. The number of aromatic nitrogens is 1. The van der Waals surface area contributed by atoms with Gasteiger partial charge in [-0.3, -0.25) is 14.5 Å². The number of fused-ring (bicyclic) bond motifs is 1. The molecule has 1 aromatic heterocycles. The van der Waals surface area contributed by atoms with Crippen LogP contribution in [-0.2, 0) is 9.59 Å². The highest BCUT2D eigenvalue weighted by Gasteiger charge is 2.51. The zero-order valence-corrected chi connectivity index (χ0v) is 14.0. The number of thiazole rings is 1. The fourth-order valence-electron chi connectivity index (χ4n) is 2.35. The van der Waals surface area contributed by atoms with E-state index in [1.165, 1.54) is 45.3 Å². The zero-order valence-electron chi connectivity index (χ0n) is 11.6. The van der Waals surface area contributed by atoms with Crippen LogP contribution in [0.4, 0.5) is 0 Å². The number of rotatable bonds is 5. The maximum Gasteiger partial charge on any atom is 0.352 e. The molecule has 3 rings (SSSR count). The molecule has 1 aromatic rings. The first-order chi connectivity index (χ1) is 10.9. The average Bonchev–Trinajstić information content (AvgIpc) is 2.99. The van der Waals surface area contributed by atoms with Crippen LogP contribution in [0.5, 0.6) is 0 Å². The molecule has 23 heavy (non-hydrogen) atoms. The number of carboxylic acids is 1. The lowest BCUT2D eigenvalue weighted by Crippen LogP contribution is -2.68. The van der Waals surface area contributed by atoms with Crippen molar-refractivity contribution in [2.75, 3.05) is 11.5 Å². The van der Waals surface area contributed by atoms with Crippen molar-refractivity contribution >= 4 is 52.6 Å². The van der Waals surface area contributed by atoms with E-state index in [2.05, 4.69) is 4.98 Å². The summed E-state index contributed by atoms with van der Waals surface area (Å²) >= 11 is 4.00. The molecule has 2 amide bonds. The minimum atomic E-state index is -1.15. The third-order valence-corrected chi connectivity index (χ3v) is 7.01. The Morgan fingerprint density at radius 1 is 1.52 bits per heavy atom. The Morgan fingerprint density at radius 3 is 2.91 bits per heavy atom. The predicted octanol–water partition coefficient (Wildman–Crippen LogP) is -0.0848. The topological polar surface area (TPSA) is 140 Å². The Hall–Kier alpha value is -1.56. The van der Waals surface area contributed by atoms with E-state index in [1.54, 1.807) is 0 Å². The molecule has 122 valence electrons. The molecule has 0 aliphatic carbocycles. The van der Waals surface area contributed by atoms with E-state index in [-0.39, 0.29) is 22.7 Å². The fourth-order valence-corrected chi connectivity index (χ4v) is 5.70. The quantitative estimate of drug-likeness (QED) is 0.481. The number of hydrogen-bond donors (Lipinski definition) is 3. The summed E-state index contributed by atoms with van der Waals surface area (Å²) in [6.07, 6.45) is 0. The molecule has 2 aliphatic heterocycles. The van der Waals surface area contributed by atoms with Crippen LogP contribution in [-0.4, -0.2) is 55.7 Å². The van der Waals surface area contributed by atoms with E-state index in [0.717, 1.165) is 0 Å². The van der Waals surface area contributed by atoms with Crippen LogP contribution in [0, 0.1) is 0 Å². The first-order valence-corrected chi connectivity index (χ1v) is 9.35. The molecule has 1 fully saturated rings. The highest BCUT2D eigenvalue weighted by molar-refractivity contribution is 8.02. The van der Waals surface area contributed by atoms with E-state index in [1.807, 2.05) is 0 Å². The van der Waals surface area contributed by atoms with E-state index < -0.39 is 17.9 Å². The van der Waals surface area contributed by atoms with Crippen molar-refractivity contribution < 1.29 is 19.5 Å². The molecule has 0 bridgehead atoms. The van der Waals surface area contributed by atoms with Gasteiger partial charge in [-0.2, -0.15) is 0 Å². The van der Waals surface area contributed by atoms with Crippen molar-refractivity contribution in [1.82, 2.24) is 9.88 Å². The minimum Gasteiger partial charge on any atom is -0.477 e. The number of β-lactam (4-membered cyclic amide) rings is 1. The predicted molar refractivity (Wildman–Crippen MR) is 87.1 cm³/mol. The van der Waals surface area contributed by atoms with Gasteiger partial charge in [0.1, 0.15) is 17.1 Å². The van der Waals surface area contributed by atoms with Crippen molar-refractivity contribution in [2.24, 2.45) is 11.5 Å². The summed E-state index contributed by atoms with van der Waals surface area (Å²) in [5.41, 5.74) is 13.2. The normalized spacial score (nSPS) is 23.5. The van der Waals surface area contributed by atoms with Crippen molar-refractivity contribution in [2.45, 2.75) is 15.6 Å². The molecule has 0 radical (unpaired) electrons. The Balaban J connectivity index is 1.83.